The number of hydrogen-bond donors (Lipinski definition) is 1. The van der Waals surface area contributed by atoms with E-state index >= 15 is 0 Å². The first kappa shape index (κ1) is 24.6. The fraction of sp³-hybridized carbons (Fsp3) is 0.565. The Balaban J connectivity index is 1.44. The minimum atomic E-state index is -3.63. The van der Waals surface area contributed by atoms with Gasteiger partial charge < -0.3 is 14.6 Å². The van der Waals surface area contributed by atoms with Crippen LogP contribution >= 0.6 is 0 Å². The van der Waals surface area contributed by atoms with Gasteiger partial charge in [-0.15, -0.1) is 0 Å². The molecule has 0 radical (unpaired) electrons. The summed E-state index contributed by atoms with van der Waals surface area (Å²) < 4.78 is 48.0. The van der Waals surface area contributed by atoms with E-state index in [0.717, 1.165) is 25.7 Å². The number of amides is 1. The van der Waals surface area contributed by atoms with Crippen LogP contribution < -0.4 is 10.1 Å². The molecule has 2 aromatic rings. The molecule has 4 rings (SSSR count). The third-order valence-electron chi connectivity index (χ3n) is 7.02. The van der Waals surface area contributed by atoms with Crippen LogP contribution in [0.15, 0.2) is 29.7 Å². The van der Waals surface area contributed by atoms with Crippen molar-refractivity contribution >= 4 is 15.9 Å². The molecule has 0 atom stereocenters. The van der Waals surface area contributed by atoms with Gasteiger partial charge in [-0.05, 0) is 31.4 Å². The molecule has 0 bridgehead atoms. The predicted molar refractivity (Wildman–Crippen MR) is 125 cm³/mol. The molecule has 1 aromatic carbocycles. The van der Waals surface area contributed by atoms with Gasteiger partial charge in [0.2, 0.25) is 0 Å². The Morgan fingerprint density at radius 1 is 1.21 bits per heavy atom. The minimum Gasteiger partial charge on any atom is -0.496 e. The highest BCUT2D eigenvalue weighted by Gasteiger charge is 2.42. The fourth-order valence-electron chi connectivity index (χ4n) is 5.19. The number of piperazine rings is 1. The average Bonchev–Trinajstić information content (AvgIpc) is 3.47. The standard InChI is InChI=1S/C23H32FN5O4S/c1-17-12-18(24)13-19(33-3)21(17)22(30)25-15-23(6-4-5-7-23)28-8-10-29(11-9-28)34(31,32)20-14-27(2)16-26-20/h12-14,16H,4-11,15H2,1-3H3,(H,25,30). The molecule has 0 spiro atoms. The molecule has 1 N–H and O–H groups in total. The molecule has 1 aliphatic heterocycles. The number of carbonyl (C=O) groups is 1. The van der Waals surface area contributed by atoms with Crippen LogP contribution in [0, 0.1) is 12.7 Å². The van der Waals surface area contributed by atoms with Crippen LogP contribution in [0.4, 0.5) is 4.39 Å². The van der Waals surface area contributed by atoms with Crippen molar-refractivity contribution in [2.45, 2.75) is 43.2 Å². The lowest BCUT2D eigenvalue weighted by Gasteiger charge is -2.45. The smallest absolute Gasteiger partial charge is 0.262 e. The molecule has 11 heteroatoms. The van der Waals surface area contributed by atoms with Gasteiger partial charge in [-0.2, -0.15) is 4.31 Å². The zero-order valence-corrected chi connectivity index (χ0v) is 20.7. The van der Waals surface area contributed by atoms with Gasteiger partial charge in [-0.1, -0.05) is 12.8 Å². The van der Waals surface area contributed by atoms with Crippen LogP contribution in [-0.2, 0) is 17.1 Å². The summed E-state index contributed by atoms with van der Waals surface area (Å²) >= 11 is 0. The summed E-state index contributed by atoms with van der Waals surface area (Å²) in [5, 5.41) is 3.12. The van der Waals surface area contributed by atoms with Gasteiger partial charge in [0.25, 0.3) is 15.9 Å². The Morgan fingerprint density at radius 2 is 1.88 bits per heavy atom. The molecule has 186 valence electrons. The number of benzene rings is 1. The highest BCUT2D eigenvalue weighted by atomic mass is 32.2. The molecule has 1 aliphatic carbocycles. The lowest BCUT2D eigenvalue weighted by atomic mass is 9.93. The molecular weight excluding hydrogens is 461 g/mol. The fourth-order valence-corrected chi connectivity index (χ4v) is 6.58. The van der Waals surface area contributed by atoms with Crippen molar-refractivity contribution in [2.24, 2.45) is 7.05 Å². The maximum absolute atomic E-state index is 13.7. The Bertz CT molecular complexity index is 1150. The van der Waals surface area contributed by atoms with Gasteiger partial charge in [0.1, 0.15) is 11.6 Å². The van der Waals surface area contributed by atoms with Crippen LogP contribution in [-0.4, -0.2) is 78.5 Å². The van der Waals surface area contributed by atoms with E-state index in [2.05, 4.69) is 15.2 Å². The lowest BCUT2D eigenvalue weighted by Crippen LogP contribution is -2.60. The molecule has 34 heavy (non-hydrogen) atoms. The van der Waals surface area contributed by atoms with Crippen LogP contribution in [0.1, 0.15) is 41.6 Å². The maximum atomic E-state index is 13.7. The molecular formula is C23H32FN5O4S. The molecule has 1 saturated carbocycles. The van der Waals surface area contributed by atoms with Gasteiger partial charge in [-0.25, -0.2) is 17.8 Å². The number of halogens is 1. The number of hydrogen-bond acceptors (Lipinski definition) is 6. The SMILES string of the molecule is COc1cc(F)cc(C)c1C(=O)NCC1(N2CCN(S(=O)(=O)c3cn(C)cn3)CC2)CCCC1. The summed E-state index contributed by atoms with van der Waals surface area (Å²) in [4.78, 5) is 19.4. The van der Waals surface area contributed by atoms with E-state index in [4.69, 9.17) is 4.74 Å². The molecule has 2 fully saturated rings. The number of nitrogens with zero attached hydrogens (tertiary/aromatic N) is 4. The van der Waals surface area contributed by atoms with Gasteiger partial charge >= 0.3 is 0 Å². The van der Waals surface area contributed by atoms with E-state index in [1.54, 1.807) is 18.5 Å². The zero-order chi connectivity index (χ0) is 24.5. The van der Waals surface area contributed by atoms with Crippen molar-refractivity contribution in [3.63, 3.8) is 0 Å². The summed E-state index contributed by atoms with van der Waals surface area (Å²) in [6.45, 7) is 4.05. The largest absolute Gasteiger partial charge is 0.496 e. The van der Waals surface area contributed by atoms with Crippen LogP contribution in [0.2, 0.25) is 0 Å². The summed E-state index contributed by atoms with van der Waals surface area (Å²) in [6.07, 6.45) is 6.97. The third kappa shape index (κ3) is 4.69. The summed E-state index contributed by atoms with van der Waals surface area (Å²) in [5.41, 5.74) is 0.629. The molecule has 0 unspecified atom stereocenters. The van der Waals surface area contributed by atoms with Crippen molar-refractivity contribution in [2.75, 3.05) is 39.8 Å². The lowest BCUT2D eigenvalue weighted by molar-refractivity contribution is 0.0539. The number of sulfonamides is 1. The Labute approximate surface area is 199 Å². The van der Waals surface area contributed by atoms with Gasteiger partial charge in [0.05, 0.1) is 19.0 Å². The molecule has 1 aromatic heterocycles. The van der Waals surface area contributed by atoms with E-state index in [0.29, 0.717) is 43.9 Å². The van der Waals surface area contributed by atoms with E-state index in [1.807, 2.05) is 0 Å². The summed E-state index contributed by atoms with van der Waals surface area (Å²) in [7, 11) is -0.465. The number of carbonyl (C=O) groups excluding carboxylic acids is 1. The molecule has 2 heterocycles. The van der Waals surface area contributed by atoms with E-state index in [-0.39, 0.29) is 22.2 Å². The number of aromatic nitrogens is 2. The first-order valence-electron chi connectivity index (χ1n) is 11.5. The van der Waals surface area contributed by atoms with Crippen molar-refractivity contribution in [1.29, 1.82) is 0 Å². The van der Waals surface area contributed by atoms with Crippen molar-refractivity contribution < 1.29 is 22.3 Å². The number of aryl methyl sites for hydroxylation is 2. The summed E-state index contributed by atoms with van der Waals surface area (Å²) in [6, 6.07) is 2.54. The second-order valence-corrected chi connectivity index (χ2v) is 11.1. The second kappa shape index (κ2) is 9.63. The number of imidazole rings is 1. The van der Waals surface area contributed by atoms with Crippen molar-refractivity contribution in [1.82, 2.24) is 24.1 Å². The Hall–Kier alpha value is -2.50. The van der Waals surface area contributed by atoms with E-state index < -0.39 is 15.8 Å². The monoisotopic (exact) mass is 493 g/mol. The molecule has 1 saturated heterocycles. The minimum absolute atomic E-state index is 0.0647. The number of nitrogens with one attached hydrogen (secondary N) is 1. The van der Waals surface area contributed by atoms with Crippen LogP contribution in [0.5, 0.6) is 5.75 Å². The normalized spacial score (nSPS) is 19.3. The first-order valence-corrected chi connectivity index (χ1v) is 13.0. The quantitative estimate of drug-likeness (QED) is 0.633. The number of ether oxygens (including phenoxy) is 1. The zero-order valence-electron chi connectivity index (χ0n) is 19.9. The van der Waals surface area contributed by atoms with Gasteiger partial charge in [-0.3, -0.25) is 9.69 Å². The second-order valence-electron chi connectivity index (χ2n) is 9.18. The predicted octanol–water partition coefficient (Wildman–Crippen LogP) is 1.93. The molecule has 2 aliphatic rings. The first-order chi connectivity index (χ1) is 16.2. The summed E-state index contributed by atoms with van der Waals surface area (Å²) in [5.74, 6) is -0.530. The van der Waals surface area contributed by atoms with Crippen molar-refractivity contribution in [3.8, 4) is 5.75 Å². The highest BCUT2D eigenvalue weighted by Crippen LogP contribution is 2.36. The topological polar surface area (TPSA) is 96.8 Å². The average molecular weight is 494 g/mol. The van der Waals surface area contributed by atoms with Crippen LogP contribution in [0.25, 0.3) is 0 Å². The van der Waals surface area contributed by atoms with Crippen LogP contribution in [0.3, 0.4) is 0 Å². The Kier molecular flexibility index (Phi) is 6.97. The van der Waals surface area contributed by atoms with E-state index in [1.165, 1.54) is 36.1 Å². The molecule has 9 nitrogen and oxygen atoms in total. The van der Waals surface area contributed by atoms with Gasteiger partial charge in [0, 0.05) is 57.6 Å². The third-order valence-corrected chi connectivity index (χ3v) is 8.80. The van der Waals surface area contributed by atoms with E-state index in [9.17, 15) is 17.6 Å². The highest BCUT2D eigenvalue weighted by molar-refractivity contribution is 7.89. The van der Waals surface area contributed by atoms with Crippen molar-refractivity contribution in [3.05, 3.63) is 41.6 Å². The number of rotatable bonds is 7. The Morgan fingerprint density at radius 3 is 2.47 bits per heavy atom. The number of methoxy groups -OCH3 is 1. The van der Waals surface area contributed by atoms with Gasteiger partial charge in [0.15, 0.2) is 5.03 Å². The molecule has 1 amide bonds. The maximum Gasteiger partial charge on any atom is 0.262 e.